The quantitative estimate of drug-likeness (QED) is 0.476. The van der Waals surface area contributed by atoms with Crippen molar-refractivity contribution in [2.24, 2.45) is 0 Å². The highest BCUT2D eigenvalue weighted by Crippen LogP contribution is 2.37. The molecule has 0 aliphatic carbocycles. The Morgan fingerprint density at radius 1 is 1.15 bits per heavy atom. The molecule has 0 unspecified atom stereocenters. The number of hydrogen-bond donors (Lipinski definition) is 0. The van der Waals surface area contributed by atoms with Crippen molar-refractivity contribution < 1.29 is 13.8 Å². The van der Waals surface area contributed by atoms with Gasteiger partial charge in [0.25, 0.3) is 0 Å². The lowest BCUT2D eigenvalue weighted by atomic mass is 10.3. The van der Waals surface area contributed by atoms with E-state index in [1.54, 1.807) is 13.3 Å². The van der Waals surface area contributed by atoms with Gasteiger partial charge in [-0.1, -0.05) is 0 Å². The second-order valence-corrected chi connectivity index (χ2v) is 6.47. The van der Waals surface area contributed by atoms with E-state index >= 15 is 0 Å². The summed E-state index contributed by atoms with van der Waals surface area (Å²) in [6.07, 6.45) is 2.18. The molecule has 0 atom stereocenters. The van der Waals surface area contributed by atoms with Crippen LogP contribution < -0.4 is 0 Å². The predicted octanol–water partition coefficient (Wildman–Crippen LogP) is 2.75. The molecule has 4 heteroatoms. The molecule has 0 amide bonds. The lowest BCUT2D eigenvalue weighted by Gasteiger charge is -2.09. The molecule has 0 spiro atoms. The van der Waals surface area contributed by atoms with Crippen LogP contribution in [0.5, 0.6) is 0 Å². The molecule has 0 aromatic heterocycles. The van der Waals surface area contributed by atoms with E-state index in [-0.39, 0.29) is 0 Å². The number of ether oxygens (including phenoxy) is 1. The van der Waals surface area contributed by atoms with E-state index in [0.717, 1.165) is 19.4 Å². The Bertz CT molecular complexity index is 162. The van der Waals surface area contributed by atoms with Crippen LogP contribution in [0.15, 0.2) is 0 Å². The van der Waals surface area contributed by atoms with Gasteiger partial charge in [0.05, 0.1) is 12.7 Å². The van der Waals surface area contributed by atoms with Gasteiger partial charge in [0, 0.05) is 19.9 Å². The van der Waals surface area contributed by atoms with Gasteiger partial charge in [0.2, 0.25) is 0 Å². The van der Waals surface area contributed by atoms with Gasteiger partial charge >= 0.3 is 0 Å². The molecule has 0 aromatic rings. The highest BCUT2D eigenvalue weighted by Gasteiger charge is 2.05. The number of hydrogen-bond acceptors (Lipinski definition) is 3. The summed E-state index contributed by atoms with van der Waals surface area (Å²) in [5.41, 5.74) is 0. The molecule has 0 bridgehead atoms. The fourth-order valence-electron chi connectivity index (χ4n) is 0.808. The van der Waals surface area contributed by atoms with Crippen molar-refractivity contribution in [3.05, 3.63) is 0 Å². The zero-order valence-corrected chi connectivity index (χ0v) is 9.97. The Kier molecular flexibility index (Phi) is 6.66. The first-order chi connectivity index (χ1) is 5.92. The topological polar surface area (TPSA) is 35.5 Å². The van der Waals surface area contributed by atoms with Gasteiger partial charge in [0.1, 0.15) is 0 Å². The molecule has 0 saturated carbocycles. The Morgan fingerprint density at radius 3 is 2.15 bits per heavy atom. The minimum absolute atomic E-state index is 0.296. The molecule has 3 nitrogen and oxygen atoms in total. The number of unbranched alkanes of at least 4 members (excludes halogenated alkanes) is 1. The Hall–Kier alpha value is 0.150. The standard InChI is InChI=1S/C9H21O3P/c1-9(2)11-7-5-6-8-12-13(3,4)10/h9H,5-8H2,1-4H3. The van der Waals surface area contributed by atoms with Crippen molar-refractivity contribution in [1.82, 2.24) is 0 Å². The van der Waals surface area contributed by atoms with Crippen molar-refractivity contribution in [1.29, 1.82) is 0 Å². The molecule has 0 aromatic carbocycles. The average Bonchev–Trinajstić information content (AvgIpc) is 1.93. The minimum atomic E-state index is -2.27. The van der Waals surface area contributed by atoms with E-state index in [1.807, 2.05) is 13.8 Å². The van der Waals surface area contributed by atoms with E-state index in [4.69, 9.17) is 9.26 Å². The maximum atomic E-state index is 11.1. The van der Waals surface area contributed by atoms with Gasteiger partial charge in [-0.05, 0) is 26.7 Å². The van der Waals surface area contributed by atoms with Crippen LogP contribution in [0.3, 0.4) is 0 Å². The Labute approximate surface area is 81.3 Å². The molecule has 0 aliphatic rings. The van der Waals surface area contributed by atoms with E-state index < -0.39 is 7.37 Å². The van der Waals surface area contributed by atoms with Crippen molar-refractivity contribution in [3.63, 3.8) is 0 Å². The third kappa shape index (κ3) is 12.1. The van der Waals surface area contributed by atoms with Gasteiger partial charge in [-0.25, -0.2) is 0 Å². The molecular formula is C9H21O3P. The van der Waals surface area contributed by atoms with Crippen molar-refractivity contribution in [3.8, 4) is 0 Å². The van der Waals surface area contributed by atoms with Crippen molar-refractivity contribution in [2.75, 3.05) is 26.5 Å². The molecule has 0 fully saturated rings. The lowest BCUT2D eigenvalue weighted by Crippen LogP contribution is -2.04. The van der Waals surface area contributed by atoms with E-state index in [2.05, 4.69) is 0 Å². The zero-order chi connectivity index (χ0) is 10.3. The van der Waals surface area contributed by atoms with Gasteiger partial charge in [-0.15, -0.1) is 0 Å². The number of rotatable bonds is 7. The summed E-state index contributed by atoms with van der Waals surface area (Å²) in [6, 6.07) is 0. The fraction of sp³-hybridized carbons (Fsp3) is 1.00. The summed E-state index contributed by atoms with van der Waals surface area (Å²) < 4.78 is 21.6. The first-order valence-corrected chi connectivity index (χ1v) is 7.25. The first kappa shape index (κ1) is 13.2. The van der Waals surface area contributed by atoms with Gasteiger partial charge < -0.3 is 9.26 Å². The monoisotopic (exact) mass is 208 g/mol. The second-order valence-electron chi connectivity index (χ2n) is 3.71. The minimum Gasteiger partial charge on any atom is -0.379 e. The van der Waals surface area contributed by atoms with Crippen LogP contribution in [0.2, 0.25) is 0 Å². The fourth-order valence-corrected chi connectivity index (χ4v) is 1.38. The summed E-state index contributed by atoms with van der Waals surface area (Å²) >= 11 is 0. The van der Waals surface area contributed by atoms with Gasteiger partial charge in [-0.2, -0.15) is 0 Å². The van der Waals surface area contributed by atoms with Crippen LogP contribution in [0, 0.1) is 0 Å². The van der Waals surface area contributed by atoms with Crippen LogP contribution in [0.1, 0.15) is 26.7 Å². The van der Waals surface area contributed by atoms with Crippen LogP contribution in [0.4, 0.5) is 0 Å². The van der Waals surface area contributed by atoms with Gasteiger partial charge in [0.15, 0.2) is 7.37 Å². The summed E-state index contributed by atoms with van der Waals surface area (Å²) in [7, 11) is -2.27. The van der Waals surface area contributed by atoms with Crippen LogP contribution in [0.25, 0.3) is 0 Å². The van der Waals surface area contributed by atoms with E-state index in [0.29, 0.717) is 12.7 Å². The summed E-state index contributed by atoms with van der Waals surface area (Å²) in [4.78, 5) is 0. The average molecular weight is 208 g/mol. The largest absolute Gasteiger partial charge is 0.379 e. The molecule has 0 N–H and O–H groups in total. The normalized spacial score (nSPS) is 12.4. The van der Waals surface area contributed by atoms with Crippen LogP contribution >= 0.6 is 7.37 Å². The van der Waals surface area contributed by atoms with Gasteiger partial charge in [-0.3, -0.25) is 4.57 Å². The molecular weight excluding hydrogens is 187 g/mol. The molecule has 0 saturated heterocycles. The SMILES string of the molecule is CC(C)OCCCCOP(C)(C)=O. The highest BCUT2D eigenvalue weighted by molar-refractivity contribution is 7.57. The molecule has 0 radical (unpaired) electrons. The first-order valence-electron chi connectivity index (χ1n) is 4.73. The molecule has 0 aliphatic heterocycles. The third-order valence-electron chi connectivity index (χ3n) is 1.39. The van der Waals surface area contributed by atoms with Crippen molar-refractivity contribution in [2.45, 2.75) is 32.8 Å². The molecule has 0 heterocycles. The smallest absolute Gasteiger partial charge is 0.197 e. The lowest BCUT2D eigenvalue weighted by molar-refractivity contribution is 0.0739. The van der Waals surface area contributed by atoms with Crippen molar-refractivity contribution >= 4 is 7.37 Å². The second kappa shape index (κ2) is 6.58. The summed E-state index contributed by atoms with van der Waals surface area (Å²) in [5.74, 6) is 0. The van der Waals surface area contributed by atoms with E-state index in [1.165, 1.54) is 0 Å². The maximum absolute atomic E-state index is 11.1. The Balaban J connectivity index is 3.14. The molecule has 0 rings (SSSR count). The summed E-state index contributed by atoms with van der Waals surface area (Å²) in [6.45, 7) is 8.64. The summed E-state index contributed by atoms with van der Waals surface area (Å²) in [5, 5.41) is 0. The third-order valence-corrected chi connectivity index (χ3v) is 2.20. The predicted molar refractivity (Wildman–Crippen MR) is 55.7 cm³/mol. The highest BCUT2D eigenvalue weighted by atomic mass is 31.2. The molecule has 13 heavy (non-hydrogen) atoms. The maximum Gasteiger partial charge on any atom is 0.197 e. The molecule has 80 valence electrons. The Morgan fingerprint density at radius 2 is 1.69 bits per heavy atom. The van der Waals surface area contributed by atoms with E-state index in [9.17, 15) is 4.57 Å². The zero-order valence-electron chi connectivity index (χ0n) is 9.08. The van der Waals surface area contributed by atoms with Crippen LogP contribution in [-0.2, 0) is 13.8 Å². The van der Waals surface area contributed by atoms with Crippen LogP contribution in [-0.4, -0.2) is 32.6 Å².